The highest BCUT2D eigenvalue weighted by atomic mass is 15.1. The number of benzene rings is 3. The predicted molar refractivity (Wildman–Crippen MR) is 210 cm³/mol. The number of aromatic nitrogens is 7. The number of nitrogens with one attached hydrogen (secondary N) is 2. The second-order valence-corrected chi connectivity index (χ2v) is 13.2. The summed E-state index contributed by atoms with van der Waals surface area (Å²) in [5.74, 6) is 1.10. The van der Waals surface area contributed by atoms with Gasteiger partial charge in [-0.25, -0.2) is 15.0 Å². The van der Waals surface area contributed by atoms with Crippen molar-refractivity contribution in [2.45, 2.75) is 72.3 Å². The van der Waals surface area contributed by atoms with Crippen LogP contribution in [0, 0.1) is 13.8 Å². The minimum Gasteiger partial charge on any atom is -0.337 e. The highest BCUT2D eigenvalue weighted by molar-refractivity contribution is 5.84. The molecule has 0 bridgehead atoms. The third-order valence-electron chi connectivity index (χ3n) is 9.60. The molecule has 52 heavy (non-hydrogen) atoms. The lowest BCUT2D eigenvalue weighted by atomic mass is 9.91. The lowest BCUT2D eigenvalue weighted by Crippen LogP contribution is -2.30. The Bertz CT molecular complexity index is 2110. The lowest BCUT2D eigenvalue weighted by molar-refractivity contribution is 0.477. The second-order valence-electron chi connectivity index (χ2n) is 13.2. The fourth-order valence-corrected chi connectivity index (χ4v) is 7.02. The highest BCUT2D eigenvalue weighted by Gasteiger charge is 2.21. The molecule has 0 saturated carbocycles. The lowest BCUT2D eigenvalue weighted by Gasteiger charge is -2.27. The summed E-state index contributed by atoms with van der Waals surface area (Å²) >= 11 is 0. The monoisotopic (exact) mass is 693 g/mol. The summed E-state index contributed by atoms with van der Waals surface area (Å²) in [5.41, 5.74) is 9.37. The first kappa shape index (κ1) is 36.4. The van der Waals surface area contributed by atoms with E-state index in [0.29, 0.717) is 11.8 Å². The first-order valence-electron chi connectivity index (χ1n) is 18.4. The molecule has 7 aromatic rings. The summed E-state index contributed by atoms with van der Waals surface area (Å²) < 4.78 is 6.46. The Labute approximate surface area is 307 Å². The minimum absolute atomic E-state index is 0.549. The van der Waals surface area contributed by atoms with Gasteiger partial charge in [-0.1, -0.05) is 86.6 Å². The maximum Gasteiger partial charge on any atom is 0.0949 e. The van der Waals surface area contributed by atoms with Gasteiger partial charge in [0.2, 0.25) is 0 Å². The molecule has 0 saturated heterocycles. The van der Waals surface area contributed by atoms with E-state index >= 15 is 0 Å². The van der Waals surface area contributed by atoms with Crippen LogP contribution in [0.25, 0.3) is 10.8 Å². The number of aryl methyl sites for hydroxylation is 2. The van der Waals surface area contributed by atoms with Crippen molar-refractivity contribution >= 4 is 10.8 Å². The molecule has 0 fully saturated rings. The van der Waals surface area contributed by atoms with Crippen LogP contribution in [0.15, 0.2) is 129 Å². The standard InChI is InChI=1S/2C14H17N3.C13H11N3.C2H6/c1-11-8-17(10-16-11)9-13-7-15-6-12-4-2-3-5-14(12)13;1-11-6-16-10-17(11)9-13-8-15-7-12-4-2-3-5-14(12)13;1-2-4-13-11(3-1)7-15-8-12(13)9-16-6-5-14-10-16;1-2/h2-5,8,10,13,15H,6-7,9H2,1H3;2-6,10,13,15H,7-9H2,1H3;1-8,10H,9H2;1-2H3. The first-order chi connectivity index (χ1) is 25.6. The summed E-state index contributed by atoms with van der Waals surface area (Å²) in [4.78, 5) is 16.8. The van der Waals surface area contributed by atoms with Gasteiger partial charge in [-0.05, 0) is 47.1 Å². The van der Waals surface area contributed by atoms with Crippen LogP contribution in [0.4, 0.5) is 0 Å². The zero-order valence-electron chi connectivity index (χ0n) is 30.9. The van der Waals surface area contributed by atoms with Crippen LogP contribution >= 0.6 is 0 Å². The van der Waals surface area contributed by atoms with Crippen LogP contribution in [-0.2, 0) is 32.7 Å². The van der Waals surface area contributed by atoms with Gasteiger partial charge in [0.05, 0.1) is 31.2 Å². The summed E-state index contributed by atoms with van der Waals surface area (Å²) in [6, 6.07) is 25.7. The van der Waals surface area contributed by atoms with E-state index in [0.717, 1.165) is 51.5 Å². The van der Waals surface area contributed by atoms with Gasteiger partial charge in [0.15, 0.2) is 0 Å². The van der Waals surface area contributed by atoms with Crippen LogP contribution in [0.3, 0.4) is 0 Å². The third-order valence-corrected chi connectivity index (χ3v) is 9.60. The summed E-state index contributed by atoms with van der Waals surface area (Å²) in [5, 5.41) is 9.41. The van der Waals surface area contributed by atoms with Crippen LogP contribution in [-0.4, -0.2) is 46.7 Å². The maximum atomic E-state index is 4.28. The van der Waals surface area contributed by atoms with Crippen molar-refractivity contribution in [2.75, 3.05) is 13.1 Å². The quantitative estimate of drug-likeness (QED) is 0.186. The molecule has 9 rings (SSSR count). The van der Waals surface area contributed by atoms with Crippen molar-refractivity contribution in [3.63, 3.8) is 0 Å². The molecule has 2 aliphatic heterocycles. The van der Waals surface area contributed by atoms with E-state index in [1.807, 2.05) is 75.2 Å². The average molecular weight is 694 g/mol. The molecule has 2 N–H and O–H groups in total. The molecule has 9 nitrogen and oxygen atoms in total. The molecule has 0 amide bonds. The SMILES string of the molecule is CC.Cc1cn(CC2CNCc3ccccc32)cn1.Cc1cncn1CC1CNCc2ccccc21.c1ccc2c(Cn3ccnc3)cncc2c1. The normalized spacial score (nSPS) is 15.8. The first-order valence-corrected chi connectivity index (χ1v) is 18.4. The van der Waals surface area contributed by atoms with E-state index in [2.05, 4.69) is 120 Å². The van der Waals surface area contributed by atoms with Gasteiger partial charge >= 0.3 is 0 Å². The Morgan fingerprint density at radius 2 is 1.35 bits per heavy atom. The number of nitrogens with zero attached hydrogens (tertiary/aromatic N) is 7. The van der Waals surface area contributed by atoms with E-state index in [-0.39, 0.29) is 0 Å². The molecule has 4 aromatic heterocycles. The van der Waals surface area contributed by atoms with Gasteiger partial charge in [-0.15, -0.1) is 0 Å². The summed E-state index contributed by atoms with van der Waals surface area (Å²) in [7, 11) is 0. The highest BCUT2D eigenvalue weighted by Crippen LogP contribution is 2.26. The van der Waals surface area contributed by atoms with Crippen LogP contribution in [0.1, 0.15) is 64.9 Å². The topological polar surface area (TPSA) is 90.4 Å². The van der Waals surface area contributed by atoms with Gasteiger partial charge in [0, 0.05) is 99.4 Å². The average Bonchev–Trinajstić information content (AvgIpc) is 3.97. The molecule has 2 atom stereocenters. The largest absolute Gasteiger partial charge is 0.337 e. The van der Waals surface area contributed by atoms with E-state index in [9.17, 15) is 0 Å². The Morgan fingerprint density at radius 1 is 0.673 bits per heavy atom. The fraction of sp³-hybridized carbons (Fsp3) is 0.302. The Kier molecular flexibility index (Phi) is 12.8. The predicted octanol–water partition coefficient (Wildman–Crippen LogP) is 7.66. The molecule has 0 radical (unpaired) electrons. The van der Waals surface area contributed by atoms with Gasteiger partial charge < -0.3 is 24.3 Å². The minimum atomic E-state index is 0.549. The van der Waals surface area contributed by atoms with Gasteiger partial charge in [0.25, 0.3) is 0 Å². The number of fused-ring (bicyclic) bond motifs is 3. The van der Waals surface area contributed by atoms with Crippen molar-refractivity contribution in [1.82, 2.24) is 44.3 Å². The van der Waals surface area contributed by atoms with Crippen molar-refractivity contribution in [3.05, 3.63) is 168 Å². The summed E-state index contributed by atoms with van der Waals surface area (Å²) in [6.45, 7) is 15.1. The van der Waals surface area contributed by atoms with Gasteiger partial charge in [0.1, 0.15) is 0 Å². The molecule has 2 aliphatic rings. The molecule has 6 heterocycles. The maximum absolute atomic E-state index is 4.28. The van der Waals surface area contributed by atoms with E-state index < -0.39 is 0 Å². The van der Waals surface area contributed by atoms with E-state index in [1.165, 1.54) is 44.3 Å². The molecule has 3 aromatic carbocycles. The number of hydrogen-bond acceptors (Lipinski definition) is 6. The van der Waals surface area contributed by atoms with Crippen LogP contribution < -0.4 is 10.6 Å². The zero-order valence-corrected chi connectivity index (χ0v) is 30.9. The van der Waals surface area contributed by atoms with E-state index in [4.69, 9.17) is 0 Å². The Balaban J connectivity index is 0.000000131. The smallest absolute Gasteiger partial charge is 0.0949 e. The molecule has 9 heteroatoms. The second kappa shape index (κ2) is 18.2. The van der Waals surface area contributed by atoms with Gasteiger partial charge in [-0.3, -0.25) is 4.98 Å². The van der Waals surface area contributed by atoms with Gasteiger partial charge in [-0.2, -0.15) is 0 Å². The van der Waals surface area contributed by atoms with Crippen LogP contribution in [0.5, 0.6) is 0 Å². The van der Waals surface area contributed by atoms with Crippen molar-refractivity contribution in [3.8, 4) is 0 Å². The zero-order chi connectivity index (χ0) is 36.1. The molecular weight excluding hydrogens is 643 g/mol. The van der Waals surface area contributed by atoms with Crippen molar-refractivity contribution < 1.29 is 0 Å². The molecule has 0 spiro atoms. The summed E-state index contributed by atoms with van der Waals surface area (Å²) in [6.07, 6.45) is 17.3. The van der Waals surface area contributed by atoms with E-state index in [1.54, 1.807) is 6.20 Å². The number of hydrogen-bond donors (Lipinski definition) is 2. The van der Waals surface area contributed by atoms with Crippen LogP contribution in [0.2, 0.25) is 0 Å². The molecule has 0 aliphatic carbocycles. The molecule has 2 unspecified atom stereocenters. The number of pyridine rings is 1. The third kappa shape index (κ3) is 9.29. The van der Waals surface area contributed by atoms with Crippen molar-refractivity contribution in [2.24, 2.45) is 0 Å². The number of imidazole rings is 3. The Hall–Kier alpha value is -5.38. The fourth-order valence-electron chi connectivity index (χ4n) is 7.02. The molecular formula is C43H51N9. The number of rotatable bonds is 6. The Morgan fingerprint density at radius 3 is 1.98 bits per heavy atom. The van der Waals surface area contributed by atoms with Crippen molar-refractivity contribution in [1.29, 1.82) is 0 Å². The molecule has 268 valence electrons.